The molecule has 1 N–H and O–H groups in total. The van der Waals surface area contributed by atoms with Crippen molar-refractivity contribution in [1.82, 2.24) is 0 Å². The summed E-state index contributed by atoms with van der Waals surface area (Å²) in [6.45, 7) is 0. The molecule has 0 aliphatic carbocycles. The van der Waals surface area contributed by atoms with Crippen LogP contribution in [-0.4, -0.2) is 27.9 Å². The van der Waals surface area contributed by atoms with Crippen molar-refractivity contribution in [3.8, 4) is 0 Å². The molecule has 0 aromatic carbocycles. The van der Waals surface area contributed by atoms with Gasteiger partial charge in [-0.05, 0) is 0 Å². The molecule has 0 bridgehead atoms. The summed E-state index contributed by atoms with van der Waals surface area (Å²) in [7, 11) is -5.14. The molecular formula is H4MgO4P2. The Morgan fingerprint density at radius 3 is 1.43 bits per heavy atom. The van der Waals surface area contributed by atoms with Crippen molar-refractivity contribution < 1.29 is 19.2 Å². The van der Waals surface area contributed by atoms with Gasteiger partial charge < -0.3 is 19.2 Å². The zero-order valence-corrected chi connectivity index (χ0v) is 7.26. The van der Waals surface area contributed by atoms with Crippen molar-refractivity contribution in [3.05, 3.63) is 0 Å². The molecule has 1 atom stereocenters. The molecule has 0 aromatic rings. The van der Waals surface area contributed by atoms with Crippen molar-refractivity contribution in [2.75, 3.05) is 0 Å². The molecule has 7 heavy (non-hydrogen) atoms. The maximum atomic E-state index is 8.66. The Labute approximate surface area is 60.3 Å². The Kier molecular flexibility index (Phi) is 12.2. The van der Waals surface area contributed by atoms with Crippen LogP contribution in [0, 0.1) is 0 Å². The van der Waals surface area contributed by atoms with Crippen LogP contribution in [0.4, 0.5) is 0 Å². The third-order valence-corrected chi connectivity index (χ3v) is 0. The molecule has 0 amide bonds. The summed E-state index contributed by atoms with van der Waals surface area (Å²) in [6.07, 6.45) is 0. The van der Waals surface area contributed by atoms with Gasteiger partial charge in [0.1, 0.15) is 0 Å². The van der Waals surface area contributed by atoms with E-state index in [1.54, 1.807) is 0 Å². The van der Waals surface area contributed by atoms with Gasteiger partial charge >= 0.3 is 23.1 Å². The van der Waals surface area contributed by atoms with E-state index in [2.05, 4.69) is 0 Å². The summed E-state index contributed by atoms with van der Waals surface area (Å²) < 4.78 is 8.66. The zero-order valence-electron chi connectivity index (χ0n) is 3.53. The smallest absolute Gasteiger partial charge is 0.790 e. The molecule has 0 fully saturated rings. The second-order valence-electron chi connectivity index (χ2n) is 0.469. The maximum Gasteiger partial charge on any atom is 2.00 e. The second kappa shape index (κ2) is 5.44. The van der Waals surface area contributed by atoms with Crippen LogP contribution in [0.1, 0.15) is 0 Å². The van der Waals surface area contributed by atoms with Crippen LogP contribution >= 0.6 is 17.7 Å². The van der Waals surface area contributed by atoms with Gasteiger partial charge in [0.25, 0.3) is 0 Å². The SMILES string of the molecule is O=P([O-])([O-])O.P.[Mg+2]. The first-order chi connectivity index (χ1) is 2.00. The Hall–Kier alpha value is 1.31. The molecule has 0 rings (SSSR count). The summed E-state index contributed by atoms with van der Waals surface area (Å²) in [5.41, 5.74) is 0. The molecule has 0 aliphatic heterocycles. The Balaban J connectivity index is -0.0000000800. The third-order valence-electron chi connectivity index (χ3n) is 0. The topological polar surface area (TPSA) is 83.4 Å². The fraction of sp³-hybridized carbons (Fsp3) is 0. The Bertz CT molecular complexity index is 55.8. The summed E-state index contributed by atoms with van der Waals surface area (Å²) >= 11 is 0. The zero-order chi connectivity index (χ0) is 4.50. The predicted octanol–water partition coefficient (Wildman–Crippen LogP) is -2.52. The number of hydrogen-bond acceptors (Lipinski definition) is 3. The normalized spacial score (nSPS) is 8.43. The van der Waals surface area contributed by atoms with Crippen LogP contribution in [0.3, 0.4) is 0 Å². The van der Waals surface area contributed by atoms with Crippen LogP contribution in [0.2, 0.25) is 0 Å². The van der Waals surface area contributed by atoms with Gasteiger partial charge in [0.15, 0.2) is 0 Å². The van der Waals surface area contributed by atoms with Gasteiger partial charge in [-0.25, -0.2) is 0 Å². The standard InChI is InChI=1S/Mg.H3O4P.H3P/c;1-5(2,3)4;/h;(H3,1,2,3,4);1H3/q+2;;/p-2. The molecule has 40 valence electrons. The maximum absolute atomic E-state index is 8.66. The Morgan fingerprint density at radius 2 is 1.43 bits per heavy atom. The first-order valence-corrected chi connectivity index (χ1v) is 2.24. The summed E-state index contributed by atoms with van der Waals surface area (Å²) in [4.78, 5) is 24.3. The van der Waals surface area contributed by atoms with Gasteiger partial charge in [-0.1, -0.05) is 0 Å². The minimum atomic E-state index is -5.14. The van der Waals surface area contributed by atoms with Crippen LogP contribution in [-0.2, 0) is 4.57 Å². The molecule has 0 saturated carbocycles. The van der Waals surface area contributed by atoms with Crippen molar-refractivity contribution in [2.45, 2.75) is 0 Å². The van der Waals surface area contributed by atoms with Crippen LogP contribution in [0.5, 0.6) is 0 Å². The van der Waals surface area contributed by atoms with Gasteiger partial charge in [-0.3, -0.25) is 0 Å². The first kappa shape index (κ1) is 15.7. The molecule has 0 radical (unpaired) electrons. The number of phosphoric acid groups is 1. The summed E-state index contributed by atoms with van der Waals surface area (Å²) in [6, 6.07) is 0. The van der Waals surface area contributed by atoms with E-state index in [-0.39, 0.29) is 33.0 Å². The molecule has 0 aliphatic rings. The second-order valence-corrected chi connectivity index (χ2v) is 1.41. The third kappa shape index (κ3) is 121. The van der Waals surface area contributed by atoms with Crippen LogP contribution in [0.25, 0.3) is 0 Å². The quantitative estimate of drug-likeness (QED) is 0.308. The van der Waals surface area contributed by atoms with Crippen LogP contribution < -0.4 is 9.79 Å². The van der Waals surface area contributed by atoms with E-state index in [0.717, 1.165) is 0 Å². The van der Waals surface area contributed by atoms with Gasteiger partial charge in [-0.2, -0.15) is 9.90 Å². The van der Waals surface area contributed by atoms with E-state index >= 15 is 0 Å². The average Bonchev–Trinajstić information content (AvgIpc) is 0.722. The van der Waals surface area contributed by atoms with Gasteiger partial charge in [0.05, 0.1) is 7.82 Å². The van der Waals surface area contributed by atoms with E-state index in [4.69, 9.17) is 19.2 Å². The number of rotatable bonds is 0. The van der Waals surface area contributed by atoms with Crippen LogP contribution in [0.15, 0.2) is 0 Å². The summed E-state index contributed by atoms with van der Waals surface area (Å²) in [5, 5.41) is 0. The van der Waals surface area contributed by atoms with Gasteiger partial charge in [0.2, 0.25) is 0 Å². The van der Waals surface area contributed by atoms with Gasteiger partial charge in [0, 0.05) is 0 Å². The average molecular weight is 154 g/mol. The Morgan fingerprint density at radius 1 is 1.43 bits per heavy atom. The number of hydrogen-bond donors (Lipinski definition) is 1. The van der Waals surface area contributed by atoms with E-state index in [9.17, 15) is 0 Å². The van der Waals surface area contributed by atoms with Crippen molar-refractivity contribution >= 4 is 40.8 Å². The molecule has 0 heterocycles. The van der Waals surface area contributed by atoms with Crippen molar-refractivity contribution in [2.24, 2.45) is 0 Å². The first-order valence-electron chi connectivity index (χ1n) is 0.748. The predicted molar refractivity (Wildman–Crippen MR) is 26.7 cm³/mol. The molecule has 0 spiro atoms. The largest absolute Gasteiger partial charge is 2.00 e. The fourth-order valence-electron chi connectivity index (χ4n) is 0. The molecule has 4 nitrogen and oxygen atoms in total. The van der Waals surface area contributed by atoms with Gasteiger partial charge in [-0.15, -0.1) is 0 Å². The minimum absolute atomic E-state index is 0. The molecule has 0 aromatic heterocycles. The molecule has 1 unspecified atom stereocenters. The van der Waals surface area contributed by atoms with E-state index in [1.165, 1.54) is 0 Å². The van der Waals surface area contributed by atoms with E-state index in [0.29, 0.717) is 0 Å². The van der Waals surface area contributed by atoms with E-state index in [1.807, 2.05) is 0 Å². The monoisotopic (exact) mass is 154 g/mol. The molecular weight excluding hydrogens is 150 g/mol. The summed E-state index contributed by atoms with van der Waals surface area (Å²) in [5.74, 6) is 0. The molecule has 7 heteroatoms. The van der Waals surface area contributed by atoms with E-state index < -0.39 is 7.82 Å². The fourth-order valence-corrected chi connectivity index (χ4v) is 0. The van der Waals surface area contributed by atoms with Crippen molar-refractivity contribution in [1.29, 1.82) is 0 Å². The van der Waals surface area contributed by atoms with Crippen molar-refractivity contribution in [3.63, 3.8) is 0 Å². The minimum Gasteiger partial charge on any atom is -0.790 e. The molecule has 0 saturated heterocycles.